The maximum atomic E-state index is 9.73. The van der Waals surface area contributed by atoms with E-state index in [1.807, 2.05) is 30.3 Å². The first-order valence-electron chi connectivity index (χ1n) is 15.3. The molecule has 2 aliphatic carbocycles. The van der Waals surface area contributed by atoms with Gasteiger partial charge in [0.1, 0.15) is 16.8 Å². The molecule has 0 fully saturated rings. The number of rotatable bonds is 2. The van der Waals surface area contributed by atoms with Gasteiger partial charge in [-0.3, -0.25) is 4.98 Å². The minimum atomic E-state index is -0.778. The van der Waals surface area contributed by atoms with Crippen molar-refractivity contribution in [2.75, 3.05) is 4.90 Å². The lowest BCUT2D eigenvalue weighted by molar-refractivity contribution is 0.346. The van der Waals surface area contributed by atoms with Crippen LogP contribution in [-0.2, 0) is 5.41 Å². The quantitative estimate of drug-likeness (QED) is 0.201. The summed E-state index contributed by atoms with van der Waals surface area (Å²) in [6.07, 6.45) is 3.40. The van der Waals surface area contributed by atoms with Crippen LogP contribution in [0.25, 0.3) is 38.9 Å². The van der Waals surface area contributed by atoms with Gasteiger partial charge in [0, 0.05) is 29.0 Å². The molecule has 0 N–H and O–H groups in total. The van der Waals surface area contributed by atoms with Gasteiger partial charge in [-0.25, -0.2) is 0 Å². The van der Waals surface area contributed by atoms with Crippen molar-refractivity contribution in [1.29, 1.82) is 5.26 Å². The Labute approximate surface area is 264 Å². The molecule has 0 radical (unpaired) electrons. The minimum absolute atomic E-state index is 0.593. The number of para-hydroxylation sites is 3. The molecule has 10 rings (SSSR count). The molecule has 0 saturated carbocycles. The van der Waals surface area contributed by atoms with Crippen LogP contribution in [0.4, 0.5) is 11.4 Å². The highest BCUT2D eigenvalue weighted by Crippen LogP contribution is 2.66. The molecule has 2 aromatic heterocycles. The fourth-order valence-electron chi connectivity index (χ4n) is 7.74. The molecule has 0 amide bonds. The van der Waals surface area contributed by atoms with Crippen molar-refractivity contribution in [2.45, 2.75) is 5.41 Å². The Morgan fingerprint density at radius 1 is 0.696 bits per heavy atom. The fraction of sp³-hybridized carbons (Fsp3) is 0.0244. The first-order valence-corrected chi connectivity index (χ1v) is 15.3. The van der Waals surface area contributed by atoms with Crippen LogP contribution in [0.3, 0.4) is 0 Å². The highest BCUT2D eigenvalue weighted by atomic mass is 16.5. The lowest BCUT2D eigenvalue weighted by atomic mass is 9.76. The lowest BCUT2D eigenvalue weighted by Gasteiger charge is -2.37. The molecule has 46 heavy (non-hydrogen) atoms. The summed E-state index contributed by atoms with van der Waals surface area (Å²) in [5, 5.41) is 10.8. The van der Waals surface area contributed by atoms with Crippen molar-refractivity contribution in [1.82, 2.24) is 4.98 Å². The molecule has 1 aliphatic heterocycles. The maximum Gasteiger partial charge on any atom is 0.152 e. The van der Waals surface area contributed by atoms with Gasteiger partial charge >= 0.3 is 0 Å². The van der Waals surface area contributed by atoms with E-state index in [-0.39, 0.29) is 0 Å². The Bertz CT molecular complexity index is 2440. The number of nitrogens with zero attached hydrogens (tertiary/aromatic N) is 3. The van der Waals surface area contributed by atoms with Crippen LogP contribution in [0.15, 0.2) is 150 Å². The van der Waals surface area contributed by atoms with Crippen LogP contribution in [-0.4, -0.2) is 4.98 Å². The number of pyridine rings is 1. The minimum Gasteiger partial charge on any atom is -0.459 e. The van der Waals surface area contributed by atoms with Gasteiger partial charge in [0.25, 0.3) is 0 Å². The molecule has 214 valence electrons. The molecule has 0 atom stereocenters. The number of hydrogen-bond donors (Lipinski definition) is 0. The van der Waals surface area contributed by atoms with E-state index < -0.39 is 5.41 Å². The number of allylic oxidation sites excluding steroid dienone is 1. The van der Waals surface area contributed by atoms with Crippen molar-refractivity contribution < 1.29 is 9.15 Å². The summed E-state index contributed by atoms with van der Waals surface area (Å²) < 4.78 is 14.1. The predicted molar refractivity (Wildman–Crippen MR) is 178 cm³/mol. The maximum absolute atomic E-state index is 9.73. The number of benzene rings is 5. The summed E-state index contributed by atoms with van der Waals surface area (Å²) in [6, 6.07) is 46.1. The van der Waals surface area contributed by atoms with Gasteiger partial charge in [-0.05, 0) is 64.2 Å². The summed E-state index contributed by atoms with van der Waals surface area (Å²) in [4.78, 5) is 6.60. The normalized spacial score (nSPS) is 14.7. The number of anilines is 2. The van der Waals surface area contributed by atoms with E-state index in [0.29, 0.717) is 5.56 Å². The van der Waals surface area contributed by atoms with Crippen LogP contribution >= 0.6 is 0 Å². The van der Waals surface area contributed by atoms with Crippen molar-refractivity contribution >= 4 is 28.0 Å². The number of furan rings is 1. The number of hydrogen-bond acceptors (Lipinski definition) is 5. The second-order valence-electron chi connectivity index (χ2n) is 11.8. The van der Waals surface area contributed by atoms with Crippen molar-refractivity contribution in [2.24, 2.45) is 0 Å². The first kappa shape index (κ1) is 25.0. The summed E-state index contributed by atoms with van der Waals surface area (Å²) in [7, 11) is 0. The van der Waals surface area contributed by atoms with E-state index in [4.69, 9.17) is 9.15 Å². The van der Waals surface area contributed by atoms with E-state index in [9.17, 15) is 5.26 Å². The highest BCUT2D eigenvalue weighted by molar-refractivity contribution is 6.08. The van der Waals surface area contributed by atoms with Crippen molar-refractivity contribution in [3.05, 3.63) is 174 Å². The van der Waals surface area contributed by atoms with Crippen LogP contribution < -0.4 is 9.64 Å². The topological polar surface area (TPSA) is 62.3 Å². The van der Waals surface area contributed by atoms with Crippen LogP contribution in [0.2, 0.25) is 0 Å². The average Bonchev–Trinajstić information content (AvgIpc) is 3.74. The van der Waals surface area contributed by atoms with E-state index in [0.717, 1.165) is 73.1 Å². The first-order chi connectivity index (χ1) is 22.8. The zero-order chi connectivity index (χ0) is 30.4. The molecule has 3 heterocycles. The summed E-state index contributed by atoms with van der Waals surface area (Å²) in [5.74, 6) is 2.49. The molecule has 5 heteroatoms. The highest BCUT2D eigenvalue weighted by Gasteiger charge is 2.60. The van der Waals surface area contributed by atoms with E-state index >= 15 is 0 Å². The third-order valence-corrected chi connectivity index (χ3v) is 9.60. The molecule has 5 nitrogen and oxygen atoms in total. The molecule has 0 saturated heterocycles. The zero-order valence-corrected chi connectivity index (χ0v) is 24.4. The summed E-state index contributed by atoms with van der Waals surface area (Å²) >= 11 is 0. The van der Waals surface area contributed by atoms with E-state index in [2.05, 4.69) is 107 Å². The van der Waals surface area contributed by atoms with Gasteiger partial charge in [-0.15, -0.1) is 0 Å². The molecule has 3 aliphatic rings. The Kier molecular flexibility index (Phi) is 4.93. The zero-order valence-electron chi connectivity index (χ0n) is 24.4. The molecule has 5 aromatic carbocycles. The third kappa shape index (κ3) is 3.05. The standard InChI is InChI=1S/C41H23N3O2/c42-23-26-21-22-43-24-31(26)25-17-19-27(20-18-25)44-34-14-6-8-16-36(34)46-40-38(44)37-30-11-3-7-15-35(30)45-39(37)41(40)32-12-4-1-9-28(32)29-10-2-5-13-33(29)41/h1-22,24H. The van der Waals surface area contributed by atoms with Gasteiger partial charge in [0.15, 0.2) is 11.5 Å². The second kappa shape index (κ2) is 9.07. The second-order valence-corrected chi connectivity index (χ2v) is 11.8. The Hall–Kier alpha value is -6.38. The van der Waals surface area contributed by atoms with Gasteiger partial charge in [-0.1, -0.05) is 91.0 Å². The molecule has 7 aromatic rings. The molecule has 1 spiro atoms. The van der Waals surface area contributed by atoms with Gasteiger partial charge in [0.05, 0.1) is 28.6 Å². The predicted octanol–water partition coefficient (Wildman–Crippen LogP) is 9.59. The fourth-order valence-corrected chi connectivity index (χ4v) is 7.74. The Balaban J connectivity index is 1.30. The van der Waals surface area contributed by atoms with Crippen molar-refractivity contribution in [3.63, 3.8) is 0 Å². The van der Waals surface area contributed by atoms with Gasteiger partial charge in [0.2, 0.25) is 0 Å². The lowest BCUT2D eigenvalue weighted by Crippen LogP contribution is -2.32. The van der Waals surface area contributed by atoms with E-state index in [1.54, 1.807) is 18.5 Å². The molecule has 0 unspecified atom stereocenters. The number of nitriles is 1. The smallest absolute Gasteiger partial charge is 0.152 e. The number of aromatic nitrogens is 1. The Morgan fingerprint density at radius 3 is 2.17 bits per heavy atom. The molecular formula is C41H23N3O2. The summed E-state index contributed by atoms with van der Waals surface area (Å²) in [6.45, 7) is 0. The average molecular weight is 590 g/mol. The van der Waals surface area contributed by atoms with E-state index in [1.165, 1.54) is 11.1 Å². The van der Waals surface area contributed by atoms with Gasteiger partial charge in [-0.2, -0.15) is 5.26 Å². The molecule has 0 bridgehead atoms. The third-order valence-electron chi connectivity index (χ3n) is 9.60. The largest absolute Gasteiger partial charge is 0.459 e. The number of ether oxygens (including phenoxy) is 1. The van der Waals surface area contributed by atoms with Gasteiger partial charge < -0.3 is 14.1 Å². The number of fused-ring (bicyclic) bond motifs is 12. The summed E-state index contributed by atoms with van der Waals surface area (Å²) in [5.41, 5.74) is 11.0. The monoisotopic (exact) mass is 589 g/mol. The molecular weight excluding hydrogens is 566 g/mol. The SMILES string of the molecule is N#Cc1ccncc1-c1ccc(N2C3=C(Oc4ccccc42)C2(c4ccccc4-c4ccccc42)c2oc4ccccc4c23)cc1. The van der Waals surface area contributed by atoms with Crippen LogP contribution in [0.5, 0.6) is 5.75 Å². The van der Waals surface area contributed by atoms with Crippen LogP contribution in [0, 0.1) is 11.3 Å². The van der Waals surface area contributed by atoms with Crippen LogP contribution in [0.1, 0.15) is 28.0 Å². The Morgan fingerprint density at radius 2 is 1.39 bits per heavy atom. The van der Waals surface area contributed by atoms with Crippen molar-refractivity contribution in [3.8, 4) is 34.1 Å².